The number of hydrogen-bond donors (Lipinski definition) is 0. The molecule has 1 unspecified atom stereocenters. The zero-order valence-corrected chi connectivity index (χ0v) is 20.2. The van der Waals surface area contributed by atoms with Crippen molar-refractivity contribution in [3.8, 4) is 11.1 Å². The van der Waals surface area contributed by atoms with E-state index in [1.807, 2.05) is 0 Å². The second kappa shape index (κ2) is 8.31. The number of aryl methyl sites for hydroxylation is 3. The SMILES string of the molecule is Cc1ccc2c(c1)[CH]([Zr+2][CH]1C=Cc3c(C)cccc31)c1cc(C)ccc1-2.[Cl-].[Cl-]. The largest absolute Gasteiger partial charge is 1.00 e. The van der Waals surface area contributed by atoms with Crippen LogP contribution in [0.25, 0.3) is 17.2 Å². The van der Waals surface area contributed by atoms with Crippen molar-refractivity contribution in [1.29, 1.82) is 0 Å². The van der Waals surface area contributed by atoms with Crippen molar-refractivity contribution in [3.63, 3.8) is 0 Å². The third kappa shape index (κ3) is 3.47. The normalized spacial score (nSPS) is 15.8. The van der Waals surface area contributed by atoms with E-state index in [9.17, 15) is 0 Å². The fraction of sp³-hybridized carbons (Fsp3) is 0.200. The molecule has 2 aliphatic carbocycles. The van der Waals surface area contributed by atoms with Crippen LogP contribution in [0.5, 0.6) is 0 Å². The van der Waals surface area contributed by atoms with Crippen molar-refractivity contribution in [2.75, 3.05) is 0 Å². The smallest absolute Gasteiger partial charge is 1.00 e. The molecule has 0 saturated heterocycles. The fourth-order valence-electron chi connectivity index (χ4n) is 4.50. The number of rotatable bonds is 2. The van der Waals surface area contributed by atoms with Gasteiger partial charge >= 0.3 is 168 Å². The maximum absolute atomic E-state index is 2.49. The van der Waals surface area contributed by atoms with E-state index in [-0.39, 0.29) is 24.8 Å². The maximum Gasteiger partial charge on any atom is -1.00 e. The number of allylic oxidation sites excluding steroid dienone is 1. The van der Waals surface area contributed by atoms with E-state index in [2.05, 4.69) is 87.5 Å². The summed E-state index contributed by atoms with van der Waals surface area (Å²) in [5.41, 5.74) is 13.4. The average molecular weight is 485 g/mol. The molecule has 0 radical (unpaired) electrons. The van der Waals surface area contributed by atoms with Crippen molar-refractivity contribution in [1.82, 2.24) is 0 Å². The first-order chi connectivity index (χ1) is 12.6. The summed E-state index contributed by atoms with van der Waals surface area (Å²) < 4.78 is 1.34. The van der Waals surface area contributed by atoms with Crippen LogP contribution in [0.1, 0.15) is 46.2 Å². The first-order valence-electron chi connectivity index (χ1n) is 9.37. The Kier molecular flexibility index (Phi) is 6.40. The van der Waals surface area contributed by atoms with E-state index in [4.69, 9.17) is 0 Å². The predicted octanol–water partition coefficient (Wildman–Crippen LogP) is 0.540. The Bertz CT molecular complexity index is 1020. The topological polar surface area (TPSA) is 0 Å². The zero-order valence-electron chi connectivity index (χ0n) is 16.3. The second-order valence-corrected chi connectivity index (χ2v) is 11.5. The third-order valence-electron chi connectivity index (χ3n) is 5.82. The summed E-state index contributed by atoms with van der Waals surface area (Å²) in [6.45, 7) is 6.69. The number of halogens is 2. The molecule has 2 aliphatic rings. The number of benzene rings is 3. The summed E-state index contributed by atoms with van der Waals surface area (Å²) in [5.74, 6) is 0. The molecule has 3 aromatic rings. The fourth-order valence-corrected chi connectivity index (χ4v) is 9.01. The van der Waals surface area contributed by atoms with Gasteiger partial charge < -0.3 is 24.8 Å². The summed E-state index contributed by atoms with van der Waals surface area (Å²) in [4.78, 5) is 0. The molecule has 28 heavy (non-hydrogen) atoms. The zero-order chi connectivity index (χ0) is 17.8. The Balaban J connectivity index is 0.00000112. The molecule has 0 bridgehead atoms. The van der Waals surface area contributed by atoms with Crippen LogP contribution in [0, 0.1) is 20.8 Å². The van der Waals surface area contributed by atoms with Gasteiger partial charge in [-0.2, -0.15) is 0 Å². The van der Waals surface area contributed by atoms with Crippen molar-refractivity contribution in [2.24, 2.45) is 0 Å². The Hall–Kier alpha value is -1.14. The molecule has 3 heteroatoms. The Morgan fingerprint density at radius 3 is 1.93 bits per heavy atom. The van der Waals surface area contributed by atoms with Crippen LogP contribution in [0.2, 0.25) is 0 Å². The number of fused-ring (bicyclic) bond motifs is 4. The van der Waals surface area contributed by atoms with Crippen molar-refractivity contribution >= 4 is 6.08 Å². The van der Waals surface area contributed by atoms with Gasteiger partial charge in [-0.25, -0.2) is 0 Å². The minimum atomic E-state index is -0.744. The van der Waals surface area contributed by atoms with E-state index >= 15 is 0 Å². The van der Waals surface area contributed by atoms with Crippen molar-refractivity contribution in [2.45, 2.75) is 28.0 Å². The van der Waals surface area contributed by atoms with Crippen LogP contribution >= 0.6 is 0 Å². The van der Waals surface area contributed by atoms with Crippen LogP contribution in [-0.2, 0) is 23.2 Å². The van der Waals surface area contributed by atoms with Crippen LogP contribution in [0.4, 0.5) is 0 Å². The molecule has 0 heterocycles. The van der Waals surface area contributed by atoms with Gasteiger partial charge in [0.05, 0.1) is 0 Å². The molecule has 1 atom stereocenters. The molecule has 140 valence electrons. The molecule has 0 fully saturated rings. The summed E-state index contributed by atoms with van der Waals surface area (Å²) in [7, 11) is 0. The van der Waals surface area contributed by atoms with Gasteiger partial charge in [0.25, 0.3) is 0 Å². The predicted molar refractivity (Wildman–Crippen MR) is 106 cm³/mol. The molecule has 3 aromatic carbocycles. The van der Waals surface area contributed by atoms with Gasteiger partial charge in [0.2, 0.25) is 0 Å². The van der Waals surface area contributed by atoms with Gasteiger partial charge in [-0.1, -0.05) is 0 Å². The van der Waals surface area contributed by atoms with E-state index in [0.717, 1.165) is 0 Å². The summed E-state index contributed by atoms with van der Waals surface area (Å²) in [6, 6.07) is 21.0. The van der Waals surface area contributed by atoms with Crippen molar-refractivity contribution < 1.29 is 48.0 Å². The molecule has 0 amide bonds. The van der Waals surface area contributed by atoms with Gasteiger partial charge in [0.1, 0.15) is 0 Å². The van der Waals surface area contributed by atoms with E-state index in [1.54, 1.807) is 16.7 Å². The summed E-state index contributed by atoms with van der Waals surface area (Å²) >= 11 is -0.744. The Morgan fingerprint density at radius 1 is 0.714 bits per heavy atom. The van der Waals surface area contributed by atoms with Gasteiger partial charge in [-0.3, -0.25) is 0 Å². The summed E-state index contributed by atoms with van der Waals surface area (Å²) in [5, 5.41) is 0. The maximum atomic E-state index is 2.49. The van der Waals surface area contributed by atoms with Crippen LogP contribution < -0.4 is 24.8 Å². The molecule has 0 aromatic heterocycles. The second-order valence-electron chi connectivity index (χ2n) is 7.70. The molecule has 0 nitrogen and oxygen atoms in total. The minimum Gasteiger partial charge on any atom is -1.00 e. The summed E-state index contributed by atoms with van der Waals surface area (Å²) in [6.07, 6.45) is 4.87. The van der Waals surface area contributed by atoms with Gasteiger partial charge in [-0.05, 0) is 0 Å². The molecule has 0 aliphatic heterocycles. The van der Waals surface area contributed by atoms with Crippen LogP contribution in [0.3, 0.4) is 0 Å². The Labute approximate surface area is 191 Å². The van der Waals surface area contributed by atoms with Crippen molar-refractivity contribution in [3.05, 3.63) is 99.6 Å². The van der Waals surface area contributed by atoms with E-state index in [0.29, 0.717) is 7.25 Å². The quantitative estimate of drug-likeness (QED) is 0.498. The third-order valence-corrected chi connectivity index (χ3v) is 10.3. The number of hydrogen-bond acceptors (Lipinski definition) is 0. The Morgan fingerprint density at radius 2 is 1.32 bits per heavy atom. The molecule has 0 saturated carbocycles. The monoisotopic (exact) mass is 482 g/mol. The van der Waals surface area contributed by atoms with E-state index in [1.165, 1.54) is 33.4 Å². The standard InChI is InChI=1S/C15H13.C10H9.2ClH.Zr/c1-10-3-5-14-12(7-10)9-13-8-11(2)4-6-15(13)14;1-8-4-2-5-9-6-3-7-10(8)9;;;/h3-9H,1-2H3;2-7H,1H3;2*1H;/q;;;;+2/p-2. The first kappa shape index (κ1) is 21.6. The van der Waals surface area contributed by atoms with Crippen LogP contribution in [0.15, 0.2) is 60.7 Å². The van der Waals surface area contributed by atoms with Gasteiger partial charge in [-0.15, -0.1) is 0 Å². The average Bonchev–Trinajstić information content (AvgIpc) is 3.16. The minimum absolute atomic E-state index is 0. The molecular formula is C25H22Cl2Zr. The van der Waals surface area contributed by atoms with Gasteiger partial charge in [0, 0.05) is 0 Å². The molecule has 0 spiro atoms. The molecular weight excluding hydrogens is 462 g/mol. The van der Waals surface area contributed by atoms with E-state index < -0.39 is 23.2 Å². The van der Waals surface area contributed by atoms with Crippen LogP contribution in [-0.4, -0.2) is 0 Å². The van der Waals surface area contributed by atoms with Gasteiger partial charge in [0.15, 0.2) is 0 Å². The molecule has 5 rings (SSSR count). The first-order valence-corrected chi connectivity index (χ1v) is 12.2. The molecule has 0 N–H and O–H groups in total.